The zero-order chi connectivity index (χ0) is 22.2. The van der Waals surface area contributed by atoms with Crippen LogP contribution in [-0.4, -0.2) is 45.7 Å². The third-order valence-corrected chi connectivity index (χ3v) is 6.32. The van der Waals surface area contributed by atoms with Crippen LogP contribution in [0.1, 0.15) is 37.3 Å². The molecule has 164 valence electrons. The molecule has 0 spiro atoms. The van der Waals surface area contributed by atoms with Crippen LogP contribution in [0.25, 0.3) is 0 Å². The summed E-state index contributed by atoms with van der Waals surface area (Å²) in [4.78, 5) is 35.8. The number of halogens is 2. The lowest BCUT2D eigenvalue weighted by Gasteiger charge is -2.41. The van der Waals surface area contributed by atoms with Gasteiger partial charge in [-0.25, -0.2) is 14.4 Å². The van der Waals surface area contributed by atoms with Gasteiger partial charge in [0.25, 0.3) is 17.4 Å². The number of nitrogens with zero attached hydrogens (tertiary/aromatic N) is 3. The number of anilines is 1. The number of amides is 2. The molecular formula is C22H24ClFN4O3. The van der Waals surface area contributed by atoms with E-state index in [1.54, 1.807) is 31.2 Å². The van der Waals surface area contributed by atoms with Gasteiger partial charge in [0.2, 0.25) is 0 Å². The number of aromatic nitrogens is 2. The monoisotopic (exact) mass is 446 g/mol. The first kappa shape index (κ1) is 21.6. The Bertz CT molecular complexity index is 959. The molecule has 4 rings (SSSR count). The summed E-state index contributed by atoms with van der Waals surface area (Å²) in [5.41, 5.74) is -2.35. The highest BCUT2D eigenvalue weighted by molar-refractivity contribution is 6.32. The van der Waals surface area contributed by atoms with E-state index in [9.17, 15) is 14.0 Å². The molecule has 1 aromatic heterocycles. The number of aryl methyl sites for hydroxylation is 1. The Morgan fingerprint density at radius 3 is 2.48 bits per heavy atom. The lowest BCUT2D eigenvalue weighted by atomic mass is 9.88. The quantitative estimate of drug-likeness (QED) is 0.689. The number of fused-ring (bicyclic) bond motifs is 2. The predicted octanol–water partition coefficient (Wildman–Crippen LogP) is 3.00. The van der Waals surface area contributed by atoms with Crippen molar-refractivity contribution in [1.29, 1.82) is 0 Å². The van der Waals surface area contributed by atoms with Crippen molar-refractivity contribution >= 4 is 29.1 Å². The van der Waals surface area contributed by atoms with Crippen LogP contribution < -0.4 is 10.2 Å². The largest absolute Gasteiger partial charge is 0.373 e. The van der Waals surface area contributed by atoms with Crippen LogP contribution in [0.5, 0.6) is 0 Å². The standard InChI is InChI=1S/C22H24ClFN4O3/c1-13-3-5-15(6-4-13)28(20(29)19(23)24)22(2,14-10-25-12-26-11-14)21(30)27-17-9-16-7-8-18(17)31-16/h3-6,10-12,16-19H,7-9H2,1-2H3,(H,27,30)/t16-,17+,18+,19-,22-/m0/s1. The van der Waals surface area contributed by atoms with Crippen LogP contribution >= 0.6 is 11.6 Å². The average Bonchev–Trinajstić information content (AvgIpc) is 3.38. The van der Waals surface area contributed by atoms with Gasteiger partial charge in [-0.3, -0.25) is 14.5 Å². The van der Waals surface area contributed by atoms with Crippen molar-refractivity contribution in [3.8, 4) is 0 Å². The molecule has 1 aromatic carbocycles. The highest BCUT2D eigenvalue weighted by Gasteiger charge is 2.49. The molecule has 5 atom stereocenters. The van der Waals surface area contributed by atoms with Crippen molar-refractivity contribution in [2.24, 2.45) is 0 Å². The third kappa shape index (κ3) is 4.02. The molecule has 0 radical (unpaired) electrons. The molecule has 0 saturated carbocycles. The second kappa shape index (κ2) is 8.51. The van der Waals surface area contributed by atoms with Crippen molar-refractivity contribution < 1.29 is 18.7 Å². The second-order valence-corrected chi connectivity index (χ2v) is 8.58. The van der Waals surface area contributed by atoms with Crippen LogP contribution in [0.2, 0.25) is 0 Å². The number of carbonyl (C=O) groups excluding carboxylic acids is 2. The summed E-state index contributed by atoms with van der Waals surface area (Å²) in [5, 5.41) is 3.03. The van der Waals surface area contributed by atoms with Crippen molar-refractivity contribution in [2.45, 2.75) is 62.5 Å². The Hall–Kier alpha value is -2.58. The first-order chi connectivity index (χ1) is 14.8. The summed E-state index contributed by atoms with van der Waals surface area (Å²) in [6, 6.07) is 6.69. The van der Waals surface area contributed by atoms with Crippen LogP contribution in [0.15, 0.2) is 43.0 Å². The van der Waals surface area contributed by atoms with Gasteiger partial charge in [-0.1, -0.05) is 29.3 Å². The topological polar surface area (TPSA) is 84.4 Å². The molecule has 2 saturated heterocycles. The van der Waals surface area contributed by atoms with E-state index < -0.39 is 23.0 Å². The minimum absolute atomic E-state index is 0.0595. The molecule has 3 heterocycles. The number of benzene rings is 1. The maximum atomic E-state index is 14.1. The molecule has 1 N–H and O–H groups in total. The fourth-order valence-corrected chi connectivity index (χ4v) is 4.51. The maximum Gasteiger partial charge on any atom is 0.278 e. The molecule has 2 fully saturated rings. The molecule has 31 heavy (non-hydrogen) atoms. The van der Waals surface area contributed by atoms with Gasteiger partial charge < -0.3 is 10.1 Å². The molecule has 2 aliphatic heterocycles. The van der Waals surface area contributed by atoms with Gasteiger partial charge in [0.05, 0.1) is 18.2 Å². The van der Waals surface area contributed by atoms with Gasteiger partial charge in [-0.05, 0) is 45.2 Å². The minimum atomic E-state index is -2.33. The smallest absolute Gasteiger partial charge is 0.278 e. The molecule has 7 nitrogen and oxygen atoms in total. The van der Waals surface area contributed by atoms with Crippen molar-refractivity contribution in [1.82, 2.24) is 15.3 Å². The summed E-state index contributed by atoms with van der Waals surface area (Å²) in [7, 11) is 0. The third-order valence-electron chi connectivity index (χ3n) is 6.13. The first-order valence-corrected chi connectivity index (χ1v) is 10.6. The second-order valence-electron chi connectivity index (χ2n) is 8.20. The zero-order valence-electron chi connectivity index (χ0n) is 17.3. The van der Waals surface area contributed by atoms with Gasteiger partial charge in [0.1, 0.15) is 6.33 Å². The predicted molar refractivity (Wildman–Crippen MR) is 113 cm³/mol. The molecule has 0 unspecified atom stereocenters. The Morgan fingerprint density at radius 2 is 1.94 bits per heavy atom. The Labute approximate surface area is 185 Å². The van der Waals surface area contributed by atoms with Crippen molar-refractivity contribution in [3.63, 3.8) is 0 Å². The Balaban J connectivity index is 1.78. The van der Waals surface area contributed by atoms with Crippen LogP contribution in [-0.2, 0) is 19.9 Å². The molecule has 2 aromatic rings. The summed E-state index contributed by atoms with van der Waals surface area (Å²) in [5.74, 6) is -1.52. The maximum absolute atomic E-state index is 14.1. The molecule has 9 heteroatoms. The molecule has 2 amide bonds. The van der Waals surface area contributed by atoms with Gasteiger partial charge in [-0.2, -0.15) is 0 Å². The summed E-state index contributed by atoms with van der Waals surface area (Å²) >= 11 is 5.58. The number of ether oxygens (including phenoxy) is 1. The number of carbonyl (C=O) groups is 2. The molecule has 2 aliphatic rings. The van der Waals surface area contributed by atoms with Crippen molar-refractivity contribution in [3.05, 3.63) is 54.1 Å². The fourth-order valence-electron chi connectivity index (χ4n) is 4.41. The van der Waals surface area contributed by atoms with E-state index in [1.807, 2.05) is 6.92 Å². The van der Waals surface area contributed by atoms with E-state index in [1.165, 1.54) is 18.7 Å². The fraction of sp³-hybridized carbons (Fsp3) is 0.455. The minimum Gasteiger partial charge on any atom is -0.373 e. The van der Waals surface area contributed by atoms with E-state index in [2.05, 4.69) is 15.3 Å². The number of nitrogens with one attached hydrogen (secondary N) is 1. The summed E-state index contributed by atoms with van der Waals surface area (Å²) < 4.78 is 20.0. The number of hydrogen-bond donors (Lipinski definition) is 1. The van der Waals surface area contributed by atoms with E-state index in [4.69, 9.17) is 16.3 Å². The van der Waals surface area contributed by atoms with E-state index in [0.29, 0.717) is 17.7 Å². The van der Waals surface area contributed by atoms with Crippen LogP contribution in [0.3, 0.4) is 0 Å². The molecular weight excluding hydrogens is 423 g/mol. The number of hydrogen-bond acceptors (Lipinski definition) is 5. The summed E-state index contributed by atoms with van der Waals surface area (Å²) in [6.45, 7) is 3.44. The zero-order valence-corrected chi connectivity index (χ0v) is 18.1. The van der Waals surface area contributed by atoms with Gasteiger partial charge in [-0.15, -0.1) is 0 Å². The van der Waals surface area contributed by atoms with Crippen molar-refractivity contribution in [2.75, 3.05) is 4.90 Å². The van der Waals surface area contributed by atoms with Gasteiger partial charge >= 0.3 is 0 Å². The van der Waals surface area contributed by atoms with E-state index >= 15 is 0 Å². The Kier molecular flexibility index (Phi) is 5.94. The molecule has 2 bridgehead atoms. The number of rotatable bonds is 6. The molecule has 0 aliphatic carbocycles. The SMILES string of the molecule is Cc1ccc(N(C(=O)[C@H](F)Cl)[C@](C)(C(=O)N[C@@H]2C[C@@H]3CC[C@H]2O3)c2cncnc2)cc1. The lowest BCUT2D eigenvalue weighted by Crippen LogP contribution is -2.60. The van der Waals surface area contributed by atoms with Crippen LogP contribution in [0.4, 0.5) is 10.1 Å². The van der Waals surface area contributed by atoms with Gasteiger partial charge in [0, 0.05) is 23.6 Å². The first-order valence-electron chi connectivity index (χ1n) is 10.2. The van der Waals surface area contributed by atoms with Crippen LogP contribution in [0, 0.1) is 6.92 Å². The highest BCUT2D eigenvalue weighted by Crippen LogP contribution is 2.38. The van der Waals surface area contributed by atoms with Gasteiger partial charge in [0.15, 0.2) is 5.54 Å². The lowest BCUT2D eigenvalue weighted by molar-refractivity contribution is -0.132. The van der Waals surface area contributed by atoms with E-state index in [-0.39, 0.29) is 18.2 Å². The highest BCUT2D eigenvalue weighted by atomic mass is 35.5. The van der Waals surface area contributed by atoms with E-state index in [0.717, 1.165) is 23.3 Å². The Morgan fingerprint density at radius 1 is 1.26 bits per heavy atom. The number of alkyl halides is 2. The summed E-state index contributed by atoms with van der Waals surface area (Å²) in [6.07, 6.45) is 6.84. The normalized spacial score (nSPS) is 25.0. The average molecular weight is 447 g/mol.